The van der Waals surface area contributed by atoms with Crippen molar-refractivity contribution in [1.82, 2.24) is 0 Å². The standard InChI is InChI=1S/C9H14O4/c1-8(2)5(10)6(11)9(3,4)13-7(8)12/h5,10H,1-4H3. The van der Waals surface area contributed by atoms with E-state index in [9.17, 15) is 14.7 Å². The molecular formula is C9H14O4. The number of hydrogen-bond donors (Lipinski definition) is 1. The van der Waals surface area contributed by atoms with Crippen molar-refractivity contribution in [2.75, 3.05) is 0 Å². The van der Waals surface area contributed by atoms with Gasteiger partial charge in [0.05, 0.1) is 5.41 Å². The molecular weight excluding hydrogens is 172 g/mol. The lowest BCUT2D eigenvalue weighted by Gasteiger charge is -2.39. The molecule has 1 unspecified atom stereocenters. The first-order valence-corrected chi connectivity index (χ1v) is 4.15. The summed E-state index contributed by atoms with van der Waals surface area (Å²) in [5.41, 5.74) is -2.33. The molecule has 0 aliphatic carbocycles. The van der Waals surface area contributed by atoms with Crippen LogP contribution in [0.5, 0.6) is 0 Å². The summed E-state index contributed by atoms with van der Waals surface area (Å²) in [6, 6.07) is 0. The van der Waals surface area contributed by atoms with E-state index in [1.165, 1.54) is 27.7 Å². The third-order valence-corrected chi connectivity index (χ3v) is 2.40. The van der Waals surface area contributed by atoms with Crippen LogP contribution in [-0.2, 0) is 14.3 Å². The van der Waals surface area contributed by atoms with Crippen molar-refractivity contribution in [2.45, 2.75) is 39.4 Å². The molecule has 0 radical (unpaired) electrons. The van der Waals surface area contributed by atoms with Gasteiger partial charge in [0.25, 0.3) is 0 Å². The summed E-state index contributed by atoms with van der Waals surface area (Å²) < 4.78 is 4.92. The van der Waals surface area contributed by atoms with Crippen molar-refractivity contribution in [3.8, 4) is 0 Å². The van der Waals surface area contributed by atoms with Gasteiger partial charge in [-0.25, -0.2) is 0 Å². The average Bonchev–Trinajstić information content (AvgIpc) is 1.98. The number of aliphatic hydroxyl groups is 1. The number of carbonyl (C=O) groups is 2. The van der Waals surface area contributed by atoms with Crippen LogP contribution in [0, 0.1) is 5.41 Å². The Bertz CT molecular complexity index is 265. The first-order chi connectivity index (χ1) is 5.69. The van der Waals surface area contributed by atoms with E-state index in [-0.39, 0.29) is 0 Å². The highest BCUT2D eigenvalue weighted by Gasteiger charge is 2.53. The van der Waals surface area contributed by atoms with Gasteiger partial charge in [-0.1, -0.05) is 0 Å². The van der Waals surface area contributed by atoms with E-state index in [0.717, 1.165) is 0 Å². The van der Waals surface area contributed by atoms with Crippen molar-refractivity contribution < 1.29 is 19.4 Å². The predicted molar refractivity (Wildman–Crippen MR) is 45.0 cm³/mol. The number of rotatable bonds is 0. The molecule has 0 saturated carbocycles. The smallest absolute Gasteiger partial charge is 0.315 e. The molecule has 1 aliphatic rings. The van der Waals surface area contributed by atoms with Gasteiger partial charge in [-0.2, -0.15) is 0 Å². The van der Waals surface area contributed by atoms with E-state index in [0.29, 0.717) is 0 Å². The van der Waals surface area contributed by atoms with Crippen LogP contribution in [0.2, 0.25) is 0 Å². The molecule has 1 heterocycles. The van der Waals surface area contributed by atoms with Gasteiger partial charge in [0.2, 0.25) is 5.78 Å². The zero-order valence-electron chi connectivity index (χ0n) is 8.25. The van der Waals surface area contributed by atoms with E-state index in [2.05, 4.69) is 0 Å². The lowest BCUT2D eigenvalue weighted by Crippen LogP contribution is -2.58. The molecule has 0 spiro atoms. The zero-order valence-corrected chi connectivity index (χ0v) is 8.25. The quantitative estimate of drug-likeness (QED) is 0.552. The predicted octanol–water partition coefficient (Wildman–Crippen LogP) is 0.278. The first kappa shape index (κ1) is 10.2. The lowest BCUT2D eigenvalue weighted by atomic mass is 9.77. The fourth-order valence-electron chi connectivity index (χ4n) is 1.18. The molecule has 13 heavy (non-hydrogen) atoms. The third-order valence-electron chi connectivity index (χ3n) is 2.40. The molecule has 4 heteroatoms. The monoisotopic (exact) mass is 186 g/mol. The fourth-order valence-corrected chi connectivity index (χ4v) is 1.18. The number of ether oxygens (including phenoxy) is 1. The average molecular weight is 186 g/mol. The van der Waals surface area contributed by atoms with Gasteiger partial charge in [-0.15, -0.1) is 0 Å². The number of hydrogen-bond acceptors (Lipinski definition) is 4. The number of cyclic esters (lactones) is 1. The second-order valence-electron chi connectivity index (χ2n) is 4.39. The van der Waals surface area contributed by atoms with Gasteiger partial charge in [-0.05, 0) is 27.7 Å². The maximum atomic E-state index is 11.5. The number of carbonyl (C=O) groups excluding carboxylic acids is 2. The van der Waals surface area contributed by atoms with Gasteiger partial charge >= 0.3 is 5.97 Å². The third kappa shape index (κ3) is 1.35. The normalized spacial score (nSPS) is 31.3. The number of esters is 1. The topological polar surface area (TPSA) is 63.6 Å². The summed E-state index contributed by atoms with van der Waals surface area (Å²) in [5.74, 6) is -0.985. The van der Waals surface area contributed by atoms with Crippen LogP contribution < -0.4 is 0 Å². The van der Waals surface area contributed by atoms with E-state index in [4.69, 9.17) is 4.74 Å². The van der Waals surface area contributed by atoms with E-state index >= 15 is 0 Å². The summed E-state index contributed by atoms with van der Waals surface area (Å²) in [5, 5.41) is 9.56. The summed E-state index contributed by atoms with van der Waals surface area (Å²) in [7, 11) is 0. The second-order valence-corrected chi connectivity index (χ2v) is 4.39. The Labute approximate surface area is 76.9 Å². The van der Waals surface area contributed by atoms with Crippen molar-refractivity contribution in [3.05, 3.63) is 0 Å². The number of aliphatic hydroxyl groups excluding tert-OH is 1. The van der Waals surface area contributed by atoms with E-state index in [1.54, 1.807) is 0 Å². The second kappa shape index (κ2) is 2.54. The Kier molecular flexibility index (Phi) is 1.99. The first-order valence-electron chi connectivity index (χ1n) is 4.15. The SMILES string of the molecule is CC1(C)OC(=O)C(C)(C)C(O)C1=O. The lowest BCUT2D eigenvalue weighted by molar-refractivity contribution is -0.195. The van der Waals surface area contributed by atoms with Crippen LogP contribution in [0.1, 0.15) is 27.7 Å². The Morgan fingerprint density at radius 1 is 1.23 bits per heavy atom. The van der Waals surface area contributed by atoms with Gasteiger partial charge < -0.3 is 9.84 Å². The zero-order chi connectivity index (χ0) is 10.4. The molecule has 1 rings (SSSR count). The van der Waals surface area contributed by atoms with Gasteiger partial charge in [0.15, 0.2) is 5.60 Å². The number of ketones is 1. The Hall–Kier alpha value is -0.900. The molecule has 1 atom stereocenters. The van der Waals surface area contributed by atoms with E-state index in [1.807, 2.05) is 0 Å². The molecule has 0 aromatic rings. The minimum Gasteiger partial charge on any atom is -0.451 e. The summed E-state index contributed by atoms with van der Waals surface area (Å²) in [6.07, 6.45) is -1.27. The molecule has 1 N–H and O–H groups in total. The summed E-state index contributed by atoms with van der Waals surface area (Å²) >= 11 is 0. The maximum Gasteiger partial charge on any atom is 0.315 e. The van der Waals surface area contributed by atoms with Crippen molar-refractivity contribution >= 4 is 11.8 Å². The molecule has 0 amide bonds. The molecule has 0 bridgehead atoms. The Morgan fingerprint density at radius 3 is 2.15 bits per heavy atom. The molecule has 0 aromatic heterocycles. The highest BCUT2D eigenvalue weighted by atomic mass is 16.6. The largest absolute Gasteiger partial charge is 0.451 e. The molecule has 74 valence electrons. The summed E-state index contributed by atoms with van der Waals surface area (Å²) in [6.45, 7) is 5.94. The minimum absolute atomic E-state index is 0.447. The number of Topliss-reactive ketones (excluding diaryl/α,β-unsaturated/α-hetero) is 1. The highest BCUT2D eigenvalue weighted by molar-refractivity contribution is 6.00. The van der Waals surface area contributed by atoms with Gasteiger partial charge in [0, 0.05) is 0 Å². The molecule has 1 fully saturated rings. The highest BCUT2D eigenvalue weighted by Crippen LogP contribution is 2.34. The van der Waals surface area contributed by atoms with Crippen LogP contribution in [-0.4, -0.2) is 28.6 Å². The van der Waals surface area contributed by atoms with E-state index < -0.39 is 28.9 Å². The molecule has 4 nitrogen and oxygen atoms in total. The van der Waals surface area contributed by atoms with Crippen LogP contribution in [0.3, 0.4) is 0 Å². The van der Waals surface area contributed by atoms with Gasteiger partial charge in [-0.3, -0.25) is 9.59 Å². The molecule has 1 aliphatic heterocycles. The maximum absolute atomic E-state index is 11.5. The van der Waals surface area contributed by atoms with Crippen LogP contribution in [0.4, 0.5) is 0 Å². The Morgan fingerprint density at radius 2 is 1.69 bits per heavy atom. The van der Waals surface area contributed by atoms with Gasteiger partial charge in [0.1, 0.15) is 6.10 Å². The minimum atomic E-state index is -1.27. The van der Waals surface area contributed by atoms with Crippen molar-refractivity contribution in [2.24, 2.45) is 5.41 Å². The van der Waals surface area contributed by atoms with Crippen LogP contribution in [0.25, 0.3) is 0 Å². The van der Waals surface area contributed by atoms with Crippen LogP contribution in [0.15, 0.2) is 0 Å². The van der Waals surface area contributed by atoms with Crippen molar-refractivity contribution in [3.63, 3.8) is 0 Å². The molecule has 0 aromatic carbocycles. The summed E-state index contributed by atoms with van der Waals surface area (Å²) in [4.78, 5) is 22.8. The van der Waals surface area contributed by atoms with Crippen molar-refractivity contribution in [1.29, 1.82) is 0 Å². The fraction of sp³-hybridized carbons (Fsp3) is 0.778. The Balaban J connectivity index is 3.07. The molecule has 1 saturated heterocycles. The van der Waals surface area contributed by atoms with Crippen LogP contribution >= 0.6 is 0 Å².